The van der Waals surface area contributed by atoms with Crippen molar-refractivity contribution in [2.24, 2.45) is 0 Å². The number of hydrogen-bond acceptors (Lipinski definition) is 5. The molecule has 1 aliphatic heterocycles. The Morgan fingerprint density at radius 3 is 2.42 bits per heavy atom. The molecule has 0 aromatic rings. The molecule has 1 fully saturated rings. The summed E-state index contributed by atoms with van der Waals surface area (Å²) >= 11 is 0. The smallest absolute Gasteiger partial charge is 0.411 e. The lowest BCUT2D eigenvalue weighted by Crippen LogP contribution is -2.48. The van der Waals surface area contributed by atoms with Gasteiger partial charge in [0.15, 0.2) is 6.04 Å². The van der Waals surface area contributed by atoms with Crippen LogP contribution in [0.4, 0.5) is 4.79 Å². The van der Waals surface area contributed by atoms with Crippen LogP contribution in [-0.2, 0) is 19.0 Å². The lowest BCUT2D eigenvalue weighted by molar-refractivity contribution is -0.152. The number of likely N-dealkylation sites (tertiary alicyclic amines) is 1. The summed E-state index contributed by atoms with van der Waals surface area (Å²) in [4.78, 5) is 26.1. The number of unbranched alkanes of at least 4 members (excludes halogenated alkanes) is 3. The molecule has 0 N–H and O–H groups in total. The lowest BCUT2D eigenvalue weighted by atomic mass is 10.1. The van der Waals surface area contributed by atoms with Crippen LogP contribution in [-0.4, -0.2) is 54.5 Å². The number of ether oxygens (including phenoxy) is 3. The molecule has 0 saturated carbocycles. The minimum absolute atomic E-state index is 0.278. The van der Waals surface area contributed by atoms with Crippen LogP contribution >= 0.6 is 0 Å². The number of carbonyl (C=O) groups excluding carboxylic acids is 2. The van der Waals surface area contributed by atoms with E-state index in [2.05, 4.69) is 6.92 Å². The van der Waals surface area contributed by atoms with Crippen molar-refractivity contribution in [1.29, 1.82) is 0 Å². The van der Waals surface area contributed by atoms with E-state index in [9.17, 15) is 9.59 Å². The Labute approximate surface area is 145 Å². The quantitative estimate of drug-likeness (QED) is 0.498. The molecule has 6 heteroatoms. The van der Waals surface area contributed by atoms with E-state index in [4.69, 9.17) is 14.2 Å². The molecule has 0 radical (unpaired) electrons. The maximum Gasteiger partial charge on any atom is 0.411 e. The molecule has 1 rings (SSSR count). The van der Waals surface area contributed by atoms with Gasteiger partial charge in [-0.3, -0.25) is 4.90 Å². The van der Waals surface area contributed by atoms with Crippen LogP contribution in [0.25, 0.3) is 0 Å². The highest BCUT2D eigenvalue weighted by atomic mass is 16.6. The summed E-state index contributed by atoms with van der Waals surface area (Å²) in [6.45, 7) is 10.7. The van der Waals surface area contributed by atoms with Crippen molar-refractivity contribution < 1.29 is 23.8 Å². The van der Waals surface area contributed by atoms with Crippen LogP contribution < -0.4 is 0 Å². The monoisotopic (exact) mass is 343 g/mol. The lowest BCUT2D eigenvalue weighted by Gasteiger charge is -2.29. The number of carbonyl (C=O) groups is 2. The predicted octanol–water partition coefficient (Wildman–Crippen LogP) is 3.52. The highest BCUT2D eigenvalue weighted by molar-refractivity contribution is 5.83. The predicted molar refractivity (Wildman–Crippen MR) is 91.9 cm³/mol. The summed E-state index contributed by atoms with van der Waals surface area (Å²) < 4.78 is 16.4. The zero-order valence-electron chi connectivity index (χ0n) is 15.8. The second-order valence-electron chi connectivity index (χ2n) is 7.13. The summed E-state index contributed by atoms with van der Waals surface area (Å²) in [6, 6.07) is -0.717. The van der Waals surface area contributed by atoms with E-state index in [0.29, 0.717) is 19.6 Å². The molecule has 6 nitrogen and oxygen atoms in total. The third kappa shape index (κ3) is 6.67. The first-order chi connectivity index (χ1) is 11.3. The van der Waals surface area contributed by atoms with Gasteiger partial charge in [-0.1, -0.05) is 26.2 Å². The second-order valence-corrected chi connectivity index (χ2v) is 7.13. The Morgan fingerprint density at radius 1 is 1.12 bits per heavy atom. The molecule has 1 aliphatic rings. The van der Waals surface area contributed by atoms with E-state index in [-0.39, 0.29) is 12.7 Å². The third-order valence-electron chi connectivity index (χ3n) is 3.83. The highest BCUT2D eigenvalue weighted by Gasteiger charge is 2.45. The molecule has 1 amide bonds. The van der Waals surface area contributed by atoms with Crippen molar-refractivity contribution >= 4 is 12.1 Å². The van der Waals surface area contributed by atoms with Gasteiger partial charge in [-0.2, -0.15) is 0 Å². The fourth-order valence-electron chi connectivity index (χ4n) is 2.73. The molecule has 0 bridgehead atoms. The summed E-state index contributed by atoms with van der Waals surface area (Å²) in [5, 5.41) is 0. The molecule has 1 heterocycles. The Bertz CT molecular complexity index is 405. The van der Waals surface area contributed by atoms with Gasteiger partial charge < -0.3 is 14.2 Å². The Balaban J connectivity index is 2.67. The number of nitrogens with zero attached hydrogens (tertiary/aromatic N) is 1. The molecule has 0 aromatic heterocycles. The van der Waals surface area contributed by atoms with Crippen LogP contribution in [0.15, 0.2) is 0 Å². The zero-order chi connectivity index (χ0) is 18.2. The van der Waals surface area contributed by atoms with Crippen LogP contribution in [0.2, 0.25) is 0 Å². The van der Waals surface area contributed by atoms with E-state index in [0.717, 1.165) is 12.8 Å². The first-order valence-electron chi connectivity index (χ1n) is 9.08. The molecule has 0 aromatic carbocycles. The fourth-order valence-corrected chi connectivity index (χ4v) is 2.73. The number of esters is 1. The van der Waals surface area contributed by atoms with E-state index in [1.54, 1.807) is 6.92 Å². The number of amides is 1. The summed E-state index contributed by atoms with van der Waals surface area (Å²) in [6.07, 6.45) is 4.24. The van der Waals surface area contributed by atoms with E-state index >= 15 is 0 Å². The molecule has 2 atom stereocenters. The number of hydrogen-bond donors (Lipinski definition) is 0. The van der Waals surface area contributed by atoms with Gasteiger partial charge in [0.05, 0.1) is 12.7 Å². The molecule has 0 aliphatic carbocycles. The van der Waals surface area contributed by atoms with Gasteiger partial charge in [-0.15, -0.1) is 0 Å². The molecule has 1 saturated heterocycles. The van der Waals surface area contributed by atoms with E-state index in [1.165, 1.54) is 17.7 Å². The molecule has 0 spiro atoms. The van der Waals surface area contributed by atoms with Crippen LogP contribution in [0.5, 0.6) is 0 Å². The summed E-state index contributed by atoms with van der Waals surface area (Å²) in [5.74, 6) is -0.417. The molecular weight excluding hydrogens is 310 g/mol. The minimum atomic E-state index is -0.717. The van der Waals surface area contributed by atoms with Crippen molar-refractivity contribution in [3.63, 3.8) is 0 Å². The second kappa shape index (κ2) is 9.87. The van der Waals surface area contributed by atoms with Gasteiger partial charge in [-0.05, 0) is 40.5 Å². The van der Waals surface area contributed by atoms with E-state index < -0.39 is 23.7 Å². The third-order valence-corrected chi connectivity index (χ3v) is 3.83. The standard InChI is InChI=1S/C18H33NO5/c1-6-8-9-10-13-23-14-11-12-19(15(14)16(20)22-7-2)17(21)24-18(3,4)5/h14-15H,6-13H2,1-5H3/t14-,15+/m0/s1. The van der Waals surface area contributed by atoms with Crippen molar-refractivity contribution in [3.8, 4) is 0 Å². The maximum absolute atomic E-state index is 12.4. The average molecular weight is 343 g/mol. The van der Waals surface area contributed by atoms with Crippen molar-refractivity contribution in [3.05, 3.63) is 0 Å². The van der Waals surface area contributed by atoms with Crippen molar-refractivity contribution in [1.82, 2.24) is 4.90 Å². The van der Waals surface area contributed by atoms with Gasteiger partial charge >= 0.3 is 12.1 Å². The Kier molecular flexibility index (Phi) is 8.53. The molecule has 140 valence electrons. The van der Waals surface area contributed by atoms with E-state index in [1.807, 2.05) is 20.8 Å². The van der Waals surface area contributed by atoms with Crippen molar-refractivity contribution in [2.45, 2.75) is 84.5 Å². The first-order valence-corrected chi connectivity index (χ1v) is 9.08. The first kappa shape index (κ1) is 20.7. The van der Waals surface area contributed by atoms with Crippen molar-refractivity contribution in [2.75, 3.05) is 19.8 Å². The van der Waals surface area contributed by atoms with Crippen LogP contribution in [0, 0.1) is 0 Å². The highest BCUT2D eigenvalue weighted by Crippen LogP contribution is 2.25. The Hall–Kier alpha value is -1.30. The van der Waals surface area contributed by atoms with Gasteiger partial charge in [0.25, 0.3) is 0 Å². The largest absolute Gasteiger partial charge is 0.464 e. The summed E-state index contributed by atoms with van der Waals surface area (Å²) in [7, 11) is 0. The topological polar surface area (TPSA) is 65.1 Å². The van der Waals surface area contributed by atoms with Gasteiger partial charge in [0.1, 0.15) is 5.60 Å². The summed E-state index contributed by atoms with van der Waals surface area (Å²) in [5.41, 5.74) is -0.602. The van der Waals surface area contributed by atoms with Gasteiger partial charge in [-0.25, -0.2) is 9.59 Å². The van der Waals surface area contributed by atoms with Crippen LogP contribution in [0.1, 0.15) is 66.7 Å². The zero-order valence-corrected chi connectivity index (χ0v) is 15.8. The molecule has 24 heavy (non-hydrogen) atoms. The maximum atomic E-state index is 12.4. The number of rotatable bonds is 8. The normalized spacial score (nSPS) is 21.0. The van der Waals surface area contributed by atoms with Crippen LogP contribution in [0.3, 0.4) is 0 Å². The average Bonchev–Trinajstić information content (AvgIpc) is 2.89. The SMILES string of the molecule is CCCCCCO[C@H]1CCN(C(=O)OC(C)(C)C)[C@H]1C(=O)OCC. The minimum Gasteiger partial charge on any atom is -0.464 e. The van der Waals surface area contributed by atoms with Gasteiger partial charge in [0, 0.05) is 13.2 Å². The van der Waals surface area contributed by atoms with Gasteiger partial charge in [0.2, 0.25) is 0 Å². The molecular formula is C18H33NO5. The molecule has 0 unspecified atom stereocenters. The fraction of sp³-hybridized carbons (Fsp3) is 0.889. The Morgan fingerprint density at radius 2 is 1.83 bits per heavy atom.